The second-order valence-corrected chi connectivity index (χ2v) is 7.59. The fraction of sp³-hybridized carbons (Fsp3) is 0.895. The van der Waals surface area contributed by atoms with Gasteiger partial charge >= 0.3 is 0 Å². The summed E-state index contributed by atoms with van der Waals surface area (Å²) >= 11 is 0. The van der Waals surface area contributed by atoms with E-state index in [0.717, 1.165) is 58.2 Å². The molecule has 0 spiro atoms. The van der Waals surface area contributed by atoms with Crippen LogP contribution in [0.1, 0.15) is 64.7 Å². The monoisotopic (exact) mass is 337 g/mol. The highest BCUT2D eigenvalue weighted by Gasteiger charge is 2.29. The summed E-state index contributed by atoms with van der Waals surface area (Å²) in [6.45, 7) is 5.20. The Morgan fingerprint density at radius 3 is 2.38 bits per heavy atom. The molecule has 5 heteroatoms. The lowest BCUT2D eigenvalue weighted by molar-refractivity contribution is -0.137. The standard InChI is InChI=1S/C19H35N3O2/c1-3-4-12-21(2)15-18(23)20-17-10-13-22(14-11-17)19(24)16-8-6-5-7-9-16/h16-17H,3-15H2,1-2H3,(H,20,23). The van der Waals surface area contributed by atoms with Gasteiger partial charge in [-0.2, -0.15) is 0 Å². The van der Waals surface area contributed by atoms with Gasteiger partial charge in [0.15, 0.2) is 0 Å². The maximum Gasteiger partial charge on any atom is 0.234 e. The first kappa shape index (κ1) is 19.2. The van der Waals surface area contributed by atoms with Crippen molar-refractivity contribution in [2.75, 3.05) is 33.2 Å². The van der Waals surface area contributed by atoms with Crippen LogP contribution in [0.15, 0.2) is 0 Å². The zero-order valence-corrected chi connectivity index (χ0v) is 15.6. The minimum atomic E-state index is 0.116. The Hall–Kier alpha value is -1.10. The lowest BCUT2D eigenvalue weighted by Crippen LogP contribution is -2.49. The van der Waals surface area contributed by atoms with Gasteiger partial charge in [0.25, 0.3) is 0 Å². The van der Waals surface area contributed by atoms with Crippen LogP contribution < -0.4 is 5.32 Å². The summed E-state index contributed by atoms with van der Waals surface area (Å²) < 4.78 is 0. The summed E-state index contributed by atoms with van der Waals surface area (Å²) in [5.41, 5.74) is 0. The normalized spacial score (nSPS) is 20.4. The van der Waals surface area contributed by atoms with Gasteiger partial charge in [-0.25, -0.2) is 0 Å². The average Bonchev–Trinajstić information content (AvgIpc) is 2.60. The van der Waals surface area contributed by atoms with Crippen LogP contribution in [0, 0.1) is 5.92 Å². The van der Waals surface area contributed by atoms with Crippen LogP contribution in [0.4, 0.5) is 0 Å². The predicted octanol–water partition coefficient (Wildman–Crippen LogP) is 2.41. The second-order valence-electron chi connectivity index (χ2n) is 7.59. The third kappa shape index (κ3) is 6.08. The molecule has 0 radical (unpaired) electrons. The number of carbonyl (C=O) groups is 2. The first-order valence-corrected chi connectivity index (χ1v) is 9.86. The summed E-state index contributed by atoms with van der Waals surface area (Å²) in [7, 11) is 2.00. The smallest absolute Gasteiger partial charge is 0.234 e. The number of nitrogens with one attached hydrogen (secondary N) is 1. The Morgan fingerprint density at radius 1 is 1.08 bits per heavy atom. The van der Waals surface area contributed by atoms with Gasteiger partial charge in [0, 0.05) is 25.0 Å². The van der Waals surface area contributed by atoms with Gasteiger partial charge in [-0.05, 0) is 45.7 Å². The summed E-state index contributed by atoms with van der Waals surface area (Å²) in [5, 5.41) is 3.15. The van der Waals surface area contributed by atoms with E-state index >= 15 is 0 Å². The lowest BCUT2D eigenvalue weighted by atomic mass is 9.87. The summed E-state index contributed by atoms with van der Waals surface area (Å²) in [4.78, 5) is 28.8. The molecule has 0 atom stereocenters. The fourth-order valence-electron chi connectivity index (χ4n) is 3.88. The zero-order chi connectivity index (χ0) is 17.4. The number of rotatable bonds is 7. The molecule has 2 amide bonds. The van der Waals surface area contributed by atoms with Crippen molar-refractivity contribution < 1.29 is 9.59 Å². The van der Waals surface area contributed by atoms with E-state index in [-0.39, 0.29) is 17.9 Å². The Labute approximate surface area is 147 Å². The molecular formula is C19H35N3O2. The van der Waals surface area contributed by atoms with E-state index in [4.69, 9.17) is 0 Å². The van der Waals surface area contributed by atoms with Gasteiger partial charge in [0.05, 0.1) is 6.54 Å². The van der Waals surface area contributed by atoms with Crippen LogP contribution in [0.25, 0.3) is 0 Å². The number of nitrogens with zero attached hydrogens (tertiary/aromatic N) is 2. The minimum absolute atomic E-state index is 0.116. The molecule has 2 rings (SSSR count). The van der Waals surface area contributed by atoms with Gasteiger partial charge in [-0.1, -0.05) is 32.6 Å². The maximum atomic E-state index is 12.6. The van der Waals surface area contributed by atoms with E-state index in [1.807, 2.05) is 11.9 Å². The van der Waals surface area contributed by atoms with Crippen molar-refractivity contribution in [1.29, 1.82) is 0 Å². The first-order valence-electron chi connectivity index (χ1n) is 9.86. The third-order valence-corrected chi connectivity index (χ3v) is 5.43. The Balaban J connectivity index is 1.66. The van der Waals surface area contributed by atoms with E-state index in [9.17, 15) is 9.59 Å². The number of piperidine rings is 1. The molecule has 1 aliphatic heterocycles. The van der Waals surface area contributed by atoms with Crippen LogP contribution in [-0.2, 0) is 9.59 Å². The van der Waals surface area contributed by atoms with Crippen LogP contribution in [0.5, 0.6) is 0 Å². The van der Waals surface area contributed by atoms with E-state index in [1.165, 1.54) is 19.3 Å². The molecule has 24 heavy (non-hydrogen) atoms. The summed E-state index contributed by atoms with van der Waals surface area (Å²) in [6.07, 6.45) is 9.89. The first-order chi connectivity index (χ1) is 11.6. The lowest BCUT2D eigenvalue weighted by Gasteiger charge is -2.35. The van der Waals surface area contributed by atoms with Crippen LogP contribution in [-0.4, -0.2) is 60.9 Å². The van der Waals surface area contributed by atoms with E-state index in [0.29, 0.717) is 12.5 Å². The molecule has 1 aliphatic carbocycles. The Morgan fingerprint density at radius 2 is 1.75 bits per heavy atom. The number of hydrogen-bond acceptors (Lipinski definition) is 3. The Kier molecular flexibility index (Phi) is 8.03. The van der Waals surface area contributed by atoms with Gasteiger partial charge in [-0.15, -0.1) is 0 Å². The number of amides is 2. The highest BCUT2D eigenvalue weighted by molar-refractivity contribution is 5.79. The van der Waals surface area contributed by atoms with Gasteiger partial charge in [-0.3, -0.25) is 14.5 Å². The molecule has 0 aromatic rings. The zero-order valence-electron chi connectivity index (χ0n) is 15.6. The second kappa shape index (κ2) is 10.0. The van der Waals surface area contributed by atoms with Gasteiger partial charge in [0.2, 0.25) is 11.8 Å². The summed E-state index contributed by atoms with van der Waals surface area (Å²) in [5.74, 6) is 0.738. The molecule has 138 valence electrons. The maximum absolute atomic E-state index is 12.6. The molecule has 0 aromatic heterocycles. The molecular weight excluding hydrogens is 302 g/mol. The topological polar surface area (TPSA) is 52.7 Å². The van der Waals surface area contributed by atoms with Crippen molar-refractivity contribution in [2.24, 2.45) is 5.92 Å². The van der Waals surface area contributed by atoms with Crippen LogP contribution in [0.2, 0.25) is 0 Å². The molecule has 1 N–H and O–H groups in total. The minimum Gasteiger partial charge on any atom is -0.352 e. The van der Waals surface area contributed by atoms with Crippen molar-refractivity contribution in [3.8, 4) is 0 Å². The van der Waals surface area contributed by atoms with Crippen LogP contribution >= 0.6 is 0 Å². The number of likely N-dealkylation sites (tertiary alicyclic amines) is 1. The number of likely N-dealkylation sites (N-methyl/N-ethyl adjacent to an activating group) is 1. The van der Waals surface area contributed by atoms with Crippen molar-refractivity contribution in [1.82, 2.24) is 15.1 Å². The molecule has 1 saturated heterocycles. The number of carbonyl (C=O) groups excluding carboxylic acids is 2. The molecule has 2 aliphatic rings. The van der Waals surface area contributed by atoms with Gasteiger partial charge in [0.1, 0.15) is 0 Å². The third-order valence-electron chi connectivity index (χ3n) is 5.43. The van der Waals surface area contributed by atoms with Crippen molar-refractivity contribution in [3.63, 3.8) is 0 Å². The van der Waals surface area contributed by atoms with E-state index in [1.54, 1.807) is 0 Å². The highest BCUT2D eigenvalue weighted by Crippen LogP contribution is 2.26. The molecule has 2 fully saturated rings. The average molecular weight is 338 g/mol. The molecule has 0 aromatic carbocycles. The van der Waals surface area contributed by atoms with Crippen molar-refractivity contribution >= 4 is 11.8 Å². The number of hydrogen-bond donors (Lipinski definition) is 1. The molecule has 1 heterocycles. The number of unbranched alkanes of at least 4 members (excludes halogenated alkanes) is 1. The molecule has 0 bridgehead atoms. The molecule has 5 nitrogen and oxygen atoms in total. The van der Waals surface area contributed by atoms with Crippen LogP contribution in [0.3, 0.4) is 0 Å². The largest absolute Gasteiger partial charge is 0.352 e. The van der Waals surface area contributed by atoms with Crippen molar-refractivity contribution in [3.05, 3.63) is 0 Å². The fourth-order valence-corrected chi connectivity index (χ4v) is 3.88. The quantitative estimate of drug-likeness (QED) is 0.776. The van der Waals surface area contributed by atoms with E-state index in [2.05, 4.69) is 17.1 Å². The summed E-state index contributed by atoms with van der Waals surface area (Å²) in [6, 6.07) is 0.229. The van der Waals surface area contributed by atoms with Gasteiger partial charge < -0.3 is 10.2 Å². The molecule has 1 saturated carbocycles. The highest BCUT2D eigenvalue weighted by atomic mass is 16.2. The SMILES string of the molecule is CCCCN(C)CC(=O)NC1CCN(C(=O)C2CCCCC2)CC1. The Bertz CT molecular complexity index is 399. The van der Waals surface area contributed by atoms with Crippen molar-refractivity contribution in [2.45, 2.75) is 70.8 Å². The van der Waals surface area contributed by atoms with E-state index < -0.39 is 0 Å². The molecule has 0 unspecified atom stereocenters. The predicted molar refractivity (Wildman–Crippen MR) is 96.7 cm³/mol.